The van der Waals surface area contributed by atoms with Gasteiger partial charge in [-0.25, -0.2) is 9.78 Å². The molecule has 3 aromatic rings. The Labute approximate surface area is 164 Å². The summed E-state index contributed by atoms with van der Waals surface area (Å²) >= 11 is 0. The minimum atomic E-state index is -0.840. The van der Waals surface area contributed by atoms with Crippen LogP contribution in [0.4, 0.5) is 0 Å². The first-order valence-electron chi connectivity index (χ1n) is 9.18. The molecule has 0 spiro atoms. The van der Waals surface area contributed by atoms with E-state index in [1.807, 2.05) is 60.7 Å². The van der Waals surface area contributed by atoms with Crippen LogP contribution in [0.2, 0.25) is 0 Å². The van der Waals surface area contributed by atoms with E-state index in [0.717, 1.165) is 11.1 Å². The number of methoxy groups -OCH3 is 1. The van der Waals surface area contributed by atoms with E-state index in [1.165, 1.54) is 0 Å². The summed E-state index contributed by atoms with van der Waals surface area (Å²) in [5, 5.41) is 11.0. The summed E-state index contributed by atoms with van der Waals surface area (Å²) in [7, 11) is 1.58. The van der Waals surface area contributed by atoms with Gasteiger partial charge >= 0.3 is 5.97 Å². The maximum Gasteiger partial charge on any atom is 0.359 e. The van der Waals surface area contributed by atoms with Crippen LogP contribution in [0.3, 0.4) is 0 Å². The van der Waals surface area contributed by atoms with Crippen LogP contribution in [0.25, 0.3) is 11.3 Å². The Balaban J connectivity index is 2.11. The third-order valence-corrected chi connectivity index (χ3v) is 4.51. The minimum Gasteiger partial charge on any atom is -0.461 e. The number of aliphatic hydroxyl groups is 1. The number of carbonyl (C=O) groups is 1. The molecule has 3 rings (SSSR count). The van der Waals surface area contributed by atoms with Crippen LogP contribution < -0.4 is 0 Å². The first-order chi connectivity index (χ1) is 13.7. The van der Waals surface area contributed by atoms with Crippen LogP contribution in [0, 0.1) is 0 Å². The lowest BCUT2D eigenvalue weighted by Gasteiger charge is -2.26. The first-order valence-corrected chi connectivity index (χ1v) is 9.18. The van der Waals surface area contributed by atoms with Gasteiger partial charge in [0.05, 0.1) is 31.3 Å². The van der Waals surface area contributed by atoms with Crippen molar-refractivity contribution < 1.29 is 19.4 Å². The van der Waals surface area contributed by atoms with Gasteiger partial charge in [-0.1, -0.05) is 60.7 Å². The van der Waals surface area contributed by atoms with Gasteiger partial charge in [-0.3, -0.25) is 0 Å². The molecule has 0 bridgehead atoms. The number of rotatable bonds is 8. The second kappa shape index (κ2) is 9.30. The zero-order chi connectivity index (χ0) is 19.9. The molecule has 0 unspecified atom stereocenters. The van der Waals surface area contributed by atoms with Crippen molar-refractivity contribution in [3.8, 4) is 11.3 Å². The van der Waals surface area contributed by atoms with Crippen molar-refractivity contribution in [2.75, 3.05) is 20.3 Å². The average molecular weight is 380 g/mol. The topological polar surface area (TPSA) is 73.6 Å². The zero-order valence-corrected chi connectivity index (χ0v) is 16.0. The SMILES string of the molecule is CCOC(=O)c1ncn([C@@H](COC)[C@H](O)c2ccccc2)c1-c1ccccc1. The van der Waals surface area contributed by atoms with Crippen LogP contribution >= 0.6 is 0 Å². The lowest BCUT2D eigenvalue weighted by Crippen LogP contribution is -2.23. The van der Waals surface area contributed by atoms with E-state index in [-0.39, 0.29) is 18.9 Å². The molecule has 1 heterocycles. The van der Waals surface area contributed by atoms with Gasteiger partial charge in [0.15, 0.2) is 5.69 Å². The van der Waals surface area contributed by atoms with E-state index in [0.29, 0.717) is 5.69 Å². The fourth-order valence-electron chi connectivity index (χ4n) is 3.21. The zero-order valence-electron chi connectivity index (χ0n) is 16.0. The van der Waals surface area contributed by atoms with E-state index < -0.39 is 18.1 Å². The summed E-state index contributed by atoms with van der Waals surface area (Å²) in [6.45, 7) is 2.26. The molecule has 0 radical (unpaired) electrons. The van der Waals surface area contributed by atoms with Crippen molar-refractivity contribution in [2.24, 2.45) is 0 Å². The number of carbonyl (C=O) groups excluding carboxylic acids is 1. The molecule has 1 N–H and O–H groups in total. The molecule has 0 aliphatic heterocycles. The quantitative estimate of drug-likeness (QED) is 0.604. The first kappa shape index (κ1) is 19.8. The predicted molar refractivity (Wildman–Crippen MR) is 106 cm³/mol. The third kappa shape index (κ3) is 4.13. The molecule has 0 aliphatic carbocycles. The highest BCUT2D eigenvalue weighted by Crippen LogP contribution is 2.33. The van der Waals surface area contributed by atoms with E-state index in [9.17, 15) is 9.90 Å². The average Bonchev–Trinajstić information content (AvgIpc) is 3.18. The van der Waals surface area contributed by atoms with Crippen molar-refractivity contribution in [1.82, 2.24) is 9.55 Å². The maximum atomic E-state index is 12.5. The van der Waals surface area contributed by atoms with Gasteiger partial charge in [-0.2, -0.15) is 0 Å². The monoisotopic (exact) mass is 380 g/mol. The molecule has 0 aliphatic rings. The molecular weight excluding hydrogens is 356 g/mol. The molecular formula is C22H24N2O4. The molecule has 0 fully saturated rings. The van der Waals surface area contributed by atoms with Gasteiger partial charge in [0.2, 0.25) is 0 Å². The van der Waals surface area contributed by atoms with Crippen LogP contribution in [0.5, 0.6) is 0 Å². The summed E-state index contributed by atoms with van der Waals surface area (Å²) < 4.78 is 12.4. The van der Waals surface area contributed by atoms with E-state index in [4.69, 9.17) is 9.47 Å². The number of esters is 1. The Morgan fingerprint density at radius 3 is 2.36 bits per heavy atom. The molecule has 0 saturated heterocycles. The second-order valence-corrected chi connectivity index (χ2v) is 6.31. The van der Waals surface area contributed by atoms with E-state index in [2.05, 4.69) is 4.98 Å². The fourth-order valence-corrected chi connectivity index (χ4v) is 3.21. The molecule has 146 valence electrons. The molecule has 0 amide bonds. The van der Waals surface area contributed by atoms with Gasteiger partial charge in [0.1, 0.15) is 6.10 Å². The van der Waals surface area contributed by atoms with Crippen LogP contribution in [-0.2, 0) is 9.47 Å². The minimum absolute atomic E-state index is 0.217. The number of hydrogen-bond acceptors (Lipinski definition) is 5. The molecule has 1 aromatic heterocycles. The van der Waals surface area contributed by atoms with Crippen molar-refractivity contribution >= 4 is 5.97 Å². The van der Waals surface area contributed by atoms with Crippen molar-refractivity contribution in [3.63, 3.8) is 0 Å². The number of hydrogen-bond donors (Lipinski definition) is 1. The van der Waals surface area contributed by atoms with Crippen molar-refractivity contribution in [2.45, 2.75) is 19.1 Å². The lowest BCUT2D eigenvalue weighted by atomic mass is 10.0. The molecule has 2 aromatic carbocycles. The van der Waals surface area contributed by atoms with Crippen LogP contribution in [-0.4, -0.2) is 41.0 Å². The maximum absolute atomic E-state index is 12.5. The summed E-state index contributed by atoms with van der Waals surface area (Å²) in [4.78, 5) is 16.8. The highest BCUT2D eigenvalue weighted by molar-refractivity contribution is 5.94. The van der Waals surface area contributed by atoms with Crippen LogP contribution in [0.15, 0.2) is 67.0 Å². The second-order valence-electron chi connectivity index (χ2n) is 6.31. The third-order valence-electron chi connectivity index (χ3n) is 4.51. The Morgan fingerprint density at radius 2 is 1.75 bits per heavy atom. The van der Waals surface area contributed by atoms with Gasteiger partial charge < -0.3 is 19.1 Å². The number of aromatic nitrogens is 2. The summed E-state index contributed by atoms with van der Waals surface area (Å²) in [5.41, 5.74) is 2.38. The van der Waals surface area contributed by atoms with E-state index in [1.54, 1.807) is 24.9 Å². The Hall–Kier alpha value is -2.96. The number of aliphatic hydroxyl groups excluding tert-OH is 1. The van der Waals surface area contributed by atoms with Gasteiger partial charge in [0, 0.05) is 12.7 Å². The highest BCUT2D eigenvalue weighted by atomic mass is 16.5. The lowest BCUT2D eigenvalue weighted by molar-refractivity contribution is 0.0508. The number of nitrogens with zero attached hydrogens (tertiary/aromatic N) is 2. The van der Waals surface area contributed by atoms with E-state index >= 15 is 0 Å². The Kier molecular flexibility index (Phi) is 6.57. The standard InChI is InChI=1S/C22H24N2O4/c1-3-28-22(26)19-20(16-10-6-4-7-11-16)24(15-23-19)18(14-27-2)21(25)17-12-8-5-9-13-17/h4-13,15,18,21,25H,3,14H2,1-2H3/t18-,21+/m0/s1. The van der Waals surface area contributed by atoms with Gasteiger partial charge in [-0.15, -0.1) is 0 Å². The molecule has 6 nitrogen and oxygen atoms in total. The van der Waals surface area contributed by atoms with Gasteiger partial charge in [0.25, 0.3) is 0 Å². The van der Waals surface area contributed by atoms with Crippen molar-refractivity contribution in [1.29, 1.82) is 0 Å². The largest absolute Gasteiger partial charge is 0.461 e. The normalized spacial score (nSPS) is 13.1. The van der Waals surface area contributed by atoms with Crippen molar-refractivity contribution in [3.05, 3.63) is 78.2 Å². The smallest absolute Gasteiger partial charge is 0.359 e. The fraction of sp³-hybridized carbons (Fsp3) is 0.273. The molecule has 2 atom stereocenters. The number of ether oxygens (including phenoxy) is 2. The molecule has 28 heavy (non-hydrogen) atoms. The summed E-state index contributed by atoms with van der Waals surface area (Å²) in [5.74, 6) is -0.495. The Bertz CT molecular complexity index is 893. The molecule has 0 saturated carbocycles. The van der Waals surface area contributed by atoms with Crippen LogP contribution in [0.1, 0.15) is 35.1 Å². The predicted octanol–water partition coefficient (Wildman–Crippen LogP) is 3.65. The summed E-state index contributed by atoms with van der Waals surface area (Å²) in [6, 6.07) is 18.4. The Morgan fingerprint density at radius 1 is 1.11 bits per heavy atom. The highest BCUT2D eigenvalue weighted by Gasteiger charge is 2.29. The summed E-state index contributed by atoms with van der Waals surface area (Å²) in [6.07, 6.45) is 0.720. The molecule has 6 heteroatoms. The number of benzene rings is 2. The number of imidazole rings is 1. The van der Waals surface area contributed by atoms with Gasteiger partial charge in [-0.05, 0) is 12.5 Å².